The van der Waals surface area contributed by atoms with E-state index in [1.165, 1.54) is 0 Å². The van der Waals surface area contributed by atoms with Crippen molar-refractivity contribution >= 4 is 11.6 Å². The largest absolute Gasteiger partial charge is 0.233 e. The van der Waals surface area contributed by atoms with Gasteiger partial charge >= 0.3 is 0 Å². The molecule has 1 rings (SSSR count). The third-order valence-electron chi connectivity index (χ3n) is 1.99. The normalized spacial score (nSPS) is 11.6. The topological polar surface area (TPSA) is 0 Å². The molecule has 2 heteroatoms. The zero-order valence-corrected chi connectivity index (χ0v) is 9.30. The van der Waals surface area contributed by atoms with Crippen molar-refractivity contribution in [1.82, 2.24) is 0 Å². The first-order valence-corrected chi connectivity index (χ1v) is 5.63. The molecule has 0 aliphatic heterocycles. The molecule has 0 N–H and O–H groups in total. The van der Waals surface area contributed by atoms with Gasteiger partial charge in [0.2, 0.25) is 0 Å². The molecule has 1 unspecified atom stereocenters. The van der Waals surface area contributed by atoms with E-state index in [1.54, 1.807) is 0 Å². The highest BCUT2D eigenvalue weighted by atomic mass is 35.5. The number of halogens is 2. The highest BCUT2D eigenvalue weighted by Gasteiger charge is 2.00. The van der Waals surface area contributed by atoms with E-state index >= 15 is 0 Å². The second-order valence-corrected chi connectivity index (χ2v) is 3.67. The van der Waals surface area contributed by atoms with Gasteiger partial charge in [-0.25, -0.2) is 4.39 Å². The fourth-order valence-corrected chi connectivity index (χ4v) is 1.36. The van der Waals surface area contributed by atoms with Crippen molar-refractivity contribution in [3.63, 3.8) is 0 Å². The molecule has 1 aromatic carbocycles. The Bertz CT molecular complexity index is 323. The number of hydrogen-bond acceptors (Lipinski definition) is 0. The molecule has 0 amide bonds. The van der Waals surface area contributed by atoms with Gasteiger partial charge in [-0.3, -0.25) is 0 Å². The standard InChI is InChI=1S/C13H14ClF/c14-11-5-4-8-13(15)10-9-12-6-2-1-3-7-12/h1-3,6-7,13H,4-5,8,11H2. The summed E-state index contributed by atoms with van der Waals surface area (Å²) in [6.07, 6.45) is 1.10. The molecule has 0 saturated heterocycles. The van der Waals surface area contributed by atoms with Gasteiger partial charge < -0.3 is 0 Å². The summed E-state index contributed by atoms with van der Waals surface area (Å²) in [7, 11) is 0. The number of unbranched alkanes of at least 4 members (excludes halogenated alkanes) is 1. The van der Waals surface area contributed by atoms with Crippen LogP contribution in [0.5, 0.6) is 0 Å². The third-order valence-corrected chi connectivity index (χ3v) is 2.26. The van der Waals surface area contributed by atoms with E-state index in [2.05, 4.69) is 11.8 Å². The fraction of sp³-hybridized carbons (Fsp3) is 0.385. The minimum Gasteiger partial charge on any atom is -0.233 e. The van der Waals surface area contributed by atoms with Gasteiger partial charge in [-0.2, -0.15) is 0 Å². The average molecular weight is 225 g/mol. The molecule has 0 heterocycles. The van der Waals surface area contributed by atoms with Gasteiger partial charge in [-0.1, -0.05) is 30.0 Å². The predicted molar refractivity (Wildman–Crippen MR) is 62.8 cm³/mol. The Hall–Kier alpha value is -1.00. The molecule has 0 nitrogen and oxygen atoms in total. The van der Waals surface area contributed by atoms with E-state index in [9.17, 15) is 4.39 Å². The summed E-state index contributed by atoms with van der Waals surface area (Å²) >= 11 is 5.50. The lowest BCUT2D eigenvalue weighted by Gasteiger charge is -1.98. The van der Waals surface area contributed by atoms with Crippen LogP contribution in [0.1, 0.15) is 24.8 Å². The maximum Gasteiger partial charge on any atom is 0.161 e. The van der Waals surface area contributed by atoms with Gasteiger partial charge in [0.05, 0.1) is 0 Å². The minimum absolute atomic E-state index is 0.479. The van der Waals surface area contributed by atoms with Gasteiger partial charge in [-0.15, -0.1) is 11.6 Å². The van der Waals surface area contributed by atoms with E-state index in [0.717, 1.165) is 18.4 Å². The molecule has 80 valence electrons. The molecule has 0 saturated carbocycles. The number of benzene rings is 1. The highest BCUT2D eigenvalue weighted by molar-refractivity contribution is 6.17. The lowest BCUT2D eigenvalue weighted by molar-refractivity contribution is 0.381. The van der Waals surface area contributed by atoms with E-state index in [-0.39, 0.29) is 0 Å². The SMILES string of the molecule is FC(C#Cc1ccccc1)CCCCCl. The lowest BCUT2D eigenvalue weighted by atomic mass is 10.1. The summed E-state index contributed by atoms with van der Waals surface area (Å²) < 4.78 is 13.2. The van der Waals surface area contributed by atoms with Gasteiger partial charge in [0.1, 0.15) is 0 Å². The Balaban J connectivity index is 2.37. The van der Waals surface area contributed by atoms with E-state index < -0.39 is 6.17 Å². The molecule has 0 bridgehead atoms. The van der Waals surface area contributed by atoms with Crippen molar-refractivity contribution in [1.29, 1.82) is 0 Å². The Labute approximate surface area is 95.5 Å². The summed E-state index contributed by atoms with van der Waals surface area (Å²) in [4.78, 5) is 0. The minimum atomic E-state index is -1.03. The summed E-state index contributed by atoms with van der Waals surface area (Å²) in [5.74, 6) is 6.01. The highest BCUT2D eigenvalue weighted by Crippen LogP contribution is 2.05. The molecule has 1 atom stereocenters. The summed E-state index contributed by atoms with van der Waals surface area (Å²) in [5.41, 5.74) is 0.859. The lowest BCUT2D eigenvalue weighted by Crippen LogP contribution is -1.95. The molecule has 0 fully saturated rings. The van der Waals surface area contributed by atoms with Gasteiger partial charge in [0, 0.05) is 11.4 Å². The maximum absolute atomic E-state index is 13.2. The van der Waals surface area contributed by atoms with Crippen LogP contribution < -0.4 is 0 Å². The van der Waals surface area contributed by atoms with Crippen LogP contribution in [-0.4, -0.2) is 12.1 Å². The average Bonchev–Trinajstić information content (AvgIpc) is 2.28. The predicted octanol–water partition coefficient (Wildman–Crippen LogP) is 3.79. The van der Waals surface area contributed by atoms with Crippen LogP contribution in [-0.2, 0) is 0 Å². The van der Waals surface area contributed by atoms with Crippen molar-refractivity contribution in [3.05, 3.63) is 35.9 Å². The van der Waals surface area contributed by atoms with Crippen LogP contribution >= 0.6 is 11.6 Å². The fourth-order valence-electron chi connectivity index (χ4n) is 1.17. The van der Waals surface area contributed by atoms with Crippen LogP contribution in [0.15, 0.2) is 30.3 Å². The maximum atomic E-state index is 13.2. The Kier molecular flexibility index (Phi) is 5.88. The second kappa shape index (κ2) is 7.31. The molecular formula is C13H14ClF. The molecular weight excluding hydrogens is 211 g/mol. The van der Waals surface area contributed by atoms with Crippen LogP contribution in [0.2, 0.25) is 0 Å². The molecule has 0 aliphatic carbocycles. The molecule has 1 aromatic rings. The zero-order valence-electron chi connectivity index (χ0n) is 8.55. The van der Waals surface area contributed by atoms with Crippen molar-refractivity contribution in [2.45, 2.75) is 25.4 Å². The Morgan fingerprint density at radius 3 is 2.60 bits per heavy atom. The van der Waals surface area contributed by atoms with E-state index in [0.29, 0.717) is 12.3 Å². The van der Waals surface area contributed by atoms with Gasteiger partial charge in [0.15, 0.2) is 6.17 Å². The monoisotopic (exact) mass is 224 g/mol. The third kappa shape index (κ3) is 5.44. The zero-order chi connectivity index (χ0) is 10.9. The van der Waals surface area contributed by atoms with Crippen LogP contribution in [0, 0.1) is 11.8 Å². The Morgan fingerprint density at radius 1 is 1.20 bits per heavy atom. The van der Waals surface area contributed by atoms with E-state index in [4.69, 9.17) is 11.6 Å². The summed E-state index contributed by atoms with van der Waals surface area (Å²) in [5, 5.41) is 0. The number of rotatable bonds is 4. The van der Waals surface area contributed by atoms with Crippen LogP contribution in [0.4, 0.5) is 4.39 Å². The Morgan fingerprint density at radius 2 is 1.93 bits per heavy atom. The first-order valence-electron chi connectivity index (χ1n) is 5.09. The number of hydrogen-bond donors (Lipinski definition) is 0. The first-order chi connectivity index (χ1) is 7.33. The smallest absolute Gasteiger partial charge is 0.161 e. The molecule has 0 aliphatic rings. The summed E-state index contributed by atoms with van der Waals surface area (Å²) in [6, 6.07) is 9.45. The number of alkyl halides is 2. The van der Waals surface area contributed by atoms with Crippen molar-refractivity contribution in [3.8, 4) is 11.8 Å². The first kappa shape index (κ1) is 12.1. The molecule has 0 radical (unpaired) electrons. The van der Waals surface area contributed by atoms with Gasteiger partial charge in [0.25, 0.3) is 0 Å². The second-order valence-electron chi connectivity index (χ2n) is 3.29. The van der Waals surface area contributed by atoms with Crippen molar-refractivity contribution in [2.24, 2.45) is 0 Å². The molecule has 0 spiro atoms. The molecule has 0 aromatic heterocycles. The van der Waals surface area contributed by atoms with Crippen LogP contribution in [0.3, 0.4) is 0 Å². The molecule has 15 heavy (non-hydrogen) atoms. The summed E-state index contributed by atoms with van der Waals surface area (Å²) in [6.45, 7) is 0. The van der Waals surface area contributed by atoms with Crippen molar-refractivity contribution in [2.75, 3.05) is 5.88 Å². The van der Waals surface area contributed by atoms with Crippen molar-refractivity contribution < 1.29 is 4.39 Å². The van der Waals surface area contributed by atoms with E-state index in [1.807, 2.05) is 30.3 Å². The van der Waals surface area contributed by atoms with Crippen LogP contribution in [0.25, 0.3) is 0 Å². The quantitative estimate of drug-likeness (QED) is 0.415. The van der Waals surface area contributed by atoms with Gasteiger partial charge in [-0.05, 0) is 31.4 Å².